The highest BCUT2D eigenvalue weighted by atomic mass is 32.1. The Morgan fingerprint density at radius 3 is 2.21 bits per heavy atom. The average molecular weight is 388 g/mol. The number of imide groups is 1. The zero-order valence-electron chi connectivity index (χ0n) is 15.9. The maximum Gasteiger partial charge on any atom is 0.282 e. The van der Waals surface area contributed by atoms with Crippen LogP contribution >= 0.6 is 11.3 Å². The Kier molecular flexibility index (Phi) is 4.61. The molecule has 1 aliphatic rings. The van der Waals surface area contributed by atoms with E-state index in [1.807, 2.05) is 80.7 Å². The number of hydrogen-bond donors (Lipinski definition) is 1. The predicted octanol–water partition coefficient (Wildman–Crippen LogP) is 5.07. The summed E-state index contributed by atoms with van der Waals surface area (Å²) >= 11 is 1.45. The van der Waals surface area contributed by atoms with Gasteiger partial charge in [-0.05, 0) is 73.2 Å². The molecule has 0 bridgehead atoms. The lowest BCUT2D eigenvalue weighted by Crippen LogP contribution is -2.32. The van der Waals surface area contributed by atoms with Crippen LogP contribution in [0.4, 0.5) is 11.4 Å². The first-order valence-electron chi connectivity index (χ1n) is 9.03. The molecule has 0 radical (unpaired) electrons. The van der Waals surface area contributed by atoms with Crippen LogP contribution < -0.4 is 10.2 Å². The van der Waals surface area contributed by atoms with Gasteiger partial charge in [-0.15, -0.1) is 11.3 Å². The molecule has 0 atom stereocenters. The van der Waals surface area contributed by atoms with Gasteiger partial charge in [0, 0.05) is 10.6 Å². The second kappa shape index (κ2) is 7.09. The average Bonchev–Trinajstić information content (AvgIpc) is 3.21. The molecule has 0 aliphatic carbocycles. The van der Waals surface area contributed by atoms with E-state index in [9.17, 15) is 9.59 Å². The summed E-state index contributed by atoms with van der Waals surface area (Å²) in [5.41, 5.74) is 5.21. The van der Waals surface area contributed by atoms with Gasteiger partial charge in [0.1, 0.15) is 5.70 Å². The van der Waals surface area contributed by atoms with Crippen LogP contribution in [0, 0.1) is 20.8 Å². The van der Waals surface area contributed by atoms with Crippen LogP contribution in [0.3, 0.4) is 0 Å². The van der Waals surface area contributed by atoms with Crippen molar-refractivity contribution in [3.05, 3.63) is 87.2 Å². The van der Waals surface area contributed by atoms with E-state index in [4.69, 9.17) is 0 Å². The van der Waals surface area contributed by atoms with Crippen LogP contribution in [-0.4, -0.2) is 11.8 Å². The van der Waals surface area contributed by atoms with E-state index in [1.54, 1.807) is 0 Å². The summed E-state index contributed by atoms with van der Waals surface area (Å²) < 4.78 is 0. The van der Waals surface area contributed by atoms with Gasteiger partial charge < -0.3 is 5.32 Å². The van der Waals surface area contributed by atoms with E-state index < -0.39 is 0 Å². The summed E-state index contributed by atoms with van der Waals surface area (Å²) in [6.07, 6.45) is 0. The zero-order valence-corrected chi connectivity index (χ0v) is 16.8. The summed E-state index contributed by atoms with van der Waals surface area (Å²) in [5.74, 6) is -0.632. The molecule has 1 aromatic heterocycles. The minimum absolute atomic E-state index is 0.299. The summed E-state index contributed by atoms with van der Waals surface area (Å²) in [7, 11) is 0. The maximum atomic E-state index is 13.3. The quantitative estimate of drug-likeness (QED) is 0.635. The van der Waals surface area contributed by atoms with E-state index in [1.165, 1.54) is 16.2 Å². The highest BCUT2D eigenvalue weighted by Crippen LogP contribution is 2.36. The molecule has 28 heavy (non-hydrogen) atoms. The normalized spacial score (nSPS) is 14.2. The standard InChI is InChI=1S/C23H20N2O2S/c1-14-6-4-7-17(11-14)24-21-20(19-8-5-9-28-19)22(26)25(23(21)27)18-12-15(2)10-16(3)13-18/h4-13,24H,1-3H3. The molecular formula is C23H20N2O2S. The third kappa shape index (κ3) is 3.25. The zero-order chi connectivity index (χ0) is 19.8. The van der Waals surface area contributed by atoms with Crippen molar-refractivity contribution in [1.82, 2.24) is 0 Å². The van der Waals surface area contributed by atoms with Crippen LogP contribution in [0.2, 0.25) is 0 Å². The van der Waals surface area contributed by atoms with Gasteiger partial charge in [-0.2, -0.15) is 0 Å². The molecule has 1 aliphatic heterocycles. The molecule has 0 fully saturated rings. The number of hydrogen-bond acceptors (Lipinski definition) is 4. The lowest BCUT2D eigenvalue weighted by molar-refractivity contribution is -0.120. The number of carbonyl (C=O) groups excluding carboxylic acids is 2. The molecule has 1 N–H and O–H groups in total. The van der Waals surface area contributed by atoms with Crippen molar-refractivity contribution in [2.24, 2.45) is 0 Å². The Hall–Kier alpha value is -3.18. The predicted molar refractivity (Wildman–Crippen MR) is 114 cm³/mol. The fourth-order valence-corrected chi connectivity index (χ4v) is 4.24. The number of thiophene rings is 1. The van der Waals surface area contributed by atoms with Gasteiger partial charge in [0.15, 0.2) is 0 Å². The molecule has 0 saturated carbocycles. The van der Waals surface area contributed by atoms with Crippen molar-refractivity contribution < 1.29 is 9.59 Å². The molecule has 0 unspecified atom stereocenters. The first-order chi connectivity index (χ1) is 13.4. The number of nitrogens with one attached hydrogen (secondary N) is 1. The van der Waals surface area contributed by atoms with Gasteiger partial charge in [-0.25, -0.2) is 4.90 Å². The largest absolute Gasteiger partial charge is 0.350 e. The highest BCUT2D eigenvalue weighted by Gasteiger charge is 2.40. The number of benzene rings is 2. The van der Waals surface area contributed by atoms with Crippen LogP contribution in [0.25, 0.3) is 5.57 Å². The Balaban J connectivity index is 1.82. The lowest BCUT2D eigenvalue weighted by atomic mass is 10.1. The van der Waals surface area contributed by atoms with E-state index >= 15 is 0 Å². The summed E-state index contributed by atoms with van der Waals surface area (Å²) in [5, 5.41) is 5.11. The summed E-state index contributed by atoms with van der Waals surface area (Å²) in [6, 6.07) is 17.3. The number of anilines is 2. The number of carbonyl (C=O) groups is 2. The maximum absolute atomic E-state index is 13.3. The van der Waals surface area contributed by atoms with E-state index in [2.05, 4.69) is 5.32 Å². The molecule has 0 spiro atoms. The first kappa shape index (κ1) is 18.2. The Bertz CT molecular complexity index is 1090. The van der Waals surface area contributed by atoms with Crippen molar-refractivity contribution in [2.75, 3.05) is 10.2 Å². The number of aryl methyl sites for hydroxylation is 3. The Morgan fingerprint density at radius 2 is 1.57 bits per heavy atom. The number of nitrogens with zero attached hydrogens (tertiary/aromatic N) is 1. The van der Waals surface area contributed by atoms with Gasteiger partial charge in [0.25, 0.3) is 11.8 Å². The number of amides is 2. The van der Waals surface area contributed by atoms with Crippen LogP contribution in [-0.2, 0) is 9.59 Å². The molecule has 140 valence electrons. The highest BCUT2D eigenvalue weighted by molar-refractivity contribution is 7.11. The smallest absolute Gasteiger partial charge is 0.282 e. The summed E-state index contributed by atoms with van der Waals surface area (Å²) in [4.78, 5) is 28.7. The molecule has 5 heteroatoms. The third-order valence-electron chi connectivity index (χ3n) is 4.60. The van der Waals surface area contributed by atoms with Gasteiger partial charge in [-0.3, -0.25) is 9.59 Å². The van der Waals surface area contributed by atoms with Gasteiger partial charge in [0.05, 0.1) is 11.3 Å². The van der Waals surface area contributed by atoms with Crippen molar-refractivity contribution in [2.45, 2.75) is 20.8 Å². The minimum atomic E-state index is -0.333. The monoisotopic (exact) mass is 388 g/mol. The van der Waals surface area contributed by atoms with Crippen LogP contribution in [0.15, 0.2) is 65.7 Å². The van der Waals surface area contributed by atoms with Gasteiger partial charge in [-0.1, -0.05) is 24.3 Å². The van der Waals surface area contributed by atoms with E-state index in [0.717, 1.165) is 27.3 Å². The summed E-state index contributed by atoms with van der Waals surface area (Å²) in [6.45, 7) is 5.91. The van der Waals surface area contributed by atoms with Crippen LogP contribution in [0.1, 0.15) is 21.6 Å². The second-order valence-electron chi connectivity index (χ2n) is 7.01. The van der Waals surface area contributed by atoms with Crippen molar-refractivity contribution in [3.63, 3.8) is 0 Å². The topological polar surface area (TPSA) is 49.4 Å². The molecule has 2 heterocycles. The van der Waals surface area contributed by atoms with Gasteiger partial charge in [0.2, 0.25) is 0 Å². The molecule has 2 aromatic carbocycles. The molecule has 3 aromatic rings. The van der Waals surface area contributed by atoms with E-state index in [0.29, 0.717) is 17.0 Å². The minimum Gasteiger partial charge on any atom is -0.350 e. The Labute approximate surface area is 168 Å². The fourth-order valence-electron chi connectivity index (χ4n) is 3.48. The molecule has 0 saturated heterocycles. The van der Waals surface area contributed by atoms with Crippen molar-refractivity contribution >= 4 is 40.1 Å². The molecule has 4 rings (SSSR count). The van der Waals surface area contributed by atoms with Crippen LogP contribution in [0.5, 0.6) is 0 Å². The SMILES string of the molecule is Cc1cccc(NC2=C(c3cccs3)C(=O)N(c3cc(C)cc(C)c3)C2=O)c1. The first-order valence-corrected chi connectivity index (χ1v) is 9.91. The lowest BCUT2D eigenvalue weighted by Gasteiger charge is -2.17. The molecular weight excluding hydrogens is 368 g/mol. The van der Waals surface area contributed by atoms with Crippen molar-refractivity contribution in [3.8, 4) is 0 Å². The fraction of sp³-hybridized carbons (Fsp3) is 0.130. The van der Waals surface area contributed by atoms with Gasteiger partial charge >= 0.3 is 0 Å². The third-order valence-corrected chi connectivity index (χ3v) is 5.49. The molecule has 4 nitrogen and oxygen atoms in total. The van der Waals surface area contributed by atoms with Crippen molar-refractivity contribution in [1.29, 1.82) is 0 Å². The second-order valence-corrected chi connectivity index (χ2v) is 7.96. The van der Waals surface area contributed by atoms with E-state index in [-0.39, 0.29) is 11.8 Å². The Morgan fingerprint density at radius 1 is 0.821 bits per heavy atom. The number of rotatable bonds is 4. The molecule has 2 amide bonds.